The minimum atomic E-state index is -0.633. The van der Waals surface area contributed by atoms with Crippen molar-refractivity contribution in [2.75, 3.05) is 11.9 Å². The number of rotatable bonds is 6. The molecule has 3 N–H and O–H groups in total. The van der Waals surface area contributed by atoms with Crippen LogP contribution in [-0.2, 0) is 20.1 Å². The molecule has 0 bridgehead atoms. The molecule has 5 nitrogen and oxygen atoms in total. The van der Waals surface area contributed by atoms with Crippen LogP contribution in [0.4, 0.5) is 20.2 Å². The number of fused-ring (bicyclic) bond motifs is 1. The lowest BCUT2D eigenvalue weighted by molar-refractivity contribution is 0.282. The molecule has 132 valence electrons. The maximum Gasteiger partial charge on any atom is 0.174 e. The van der Waals surface area contributed by atoms with Gasteiger partial charge in [-0.3, -0.25) is 0 Å². The van der Waals surface area contributed by atoms with Crippen LogP contribution in [0.5, 0.6) is 0 Å². The van der Waals surface area contributed by atoms with Crippen LogP contribution in [0.15, 0.2) is 30.6 Å². The third kappa shape index (κ3) is 3.33. The fraction of sp³-hybridized carbons (Fsp3) is 0.278. The highest BCUT2D eigenvalue weighted by molar-refractivity contribution is 5.84. The molecule has 1 heterocycles. The van der Waals surface area contributed by atoms with E-state index in [0.717, 1.165) is 5.56 Å². The largest absolute Gasteiger partial charge is 0.396 e. The summed E-state index contributed by atoms with van der Waals surface area (Å²) in [6.45, 7) is -0.354. The van der Waals surface area contributed by atoms with Gasteiger partial charge < -0.3 is 20.1 Å². The standard InChI is InChI=1S/C18H19F2N3O2/c1-23-10-21-18-15(23)8-12(9-25)17(16(18)20)22-14-5-4-11(3-2-6-24)7-13(14)19/h4-5,7-8,10,22,24-25H,2-3,6,9H2,1H3. The Kier molecular flexibility index (Phi) is 4.96. The van der Waals surface area contributed by atoms with Crippen molar-refractivity contribution in [2.45, 2.75) is 19.4 Å². The Hall–Kier alpha value is -2.51. The van der Waals surface area contributed by atoms with E-state index in [9.17, 15) is 13.9 Å². The monoisotopic (exact) mass is 347 g/mol. The van der Waals surface area contributed by atoms with Gasteiger partial charge in [0.2, 0.25) is 0 Å². The number of hydrogen-bond acceptors (Lipinski definition) is 4. The Morgan fingerprint density at radius 1 is 1.20 bits per heavy atom. The summed E-state index contributed by atoms with van der Waals surface area (Å²) in [5, 5.41) is 21.1. The molecule has 3 aromatic rings. The van der Waals surface area contributed by atoms with E-state index in [4.69, 9.17) is 5.11 Å². The topological polar surface area (TPSA) is 70.3 Å². The second-order valence-corrected chi connectivity index (χ2v) is 5.87. The number of nitrogens with zero attached hydrogens (tertiary/aromatic N) is 2. The van der Waals surface area contributed by atoms with Gasteiger partial charge in [0.05, 0.1) is 29.8 Å². The van der Waals surface area contributed by atoms with Crippen molar-refractivity contribution in [3.05, 3.63) is 53.4 Å². The van der Waals surface area contributed by atoms with Crippen LogP contribution < -0.4 is 5.32 Å². The smallest absolute Gasteiger partial charge is 0.174 e. The Balaban J connectivity index is 1.98. The molecule has 0 fully saturated rings. The number of aliphatic hydroxyl groups excluding tert-OH is 2. The number of halogens is 2. The first kappa shape index (κ1) is 17.3. The fourth-order valence-corrected chi connectivity index (χ4v) is 2.77. The lowest BCUT2D eigenvalue weighted by Crippen LogP contribution is -2.03. The van der Waals surface area contributed by atoms with Gasteiger partial charge in [-0.15, -0.1) is 0 Å². The number of benzene rings is 2. The molecular weight excluding hydrogens is 328 g/mol. The molecule has 0 radical (unpaired) electrons. The van der Waals surface area contributed by atoms with Crippen molar-refractivity contribution in [2.24, 2.45) is 7.05 Å². The summed E-state index contributed by atoms with van der Waals surface area (Å²) in [5.41, 5.74) is 1.89. The molecule has 0 aliphatic rings. The van der Waals surface area contributed by atoms with E-state index in [-0.39, 0.29) is 23.5 Å². The van der Waals surface area contributed by atoms with E-state index >= 15 is 0 Å². The van der Waals surface area contributed by atoms with Gasteiger partial charge >= 0.3 is 0 Å². The maximum atomic E-state index is 14.8. The van der Waals surface area contributed by atoms with Gasteiger partial charge in [0.25, 0.3) is 0 Å². The molecule has 0 atom stereocenters. The minimum Gasteiger partial charge on any atom is -0.396 e. The third-order valence-electron chi connectivity index (χ3n) is 4.13. The lowest BCUT2D eigenvalue weighted by Gasteiger charge is -2.14. The zero-order valence-corrected chi connectivity index (χ0v) is 13.8. The number of hydrogen-bond donors (Lipinski definition) is 3. The highest BCUT2D eigenvalue weighted by Crippen LogP contribution is 2.31. The van der Waals surface area contributed by atoms with E-state index in [0.29, 0.717) is 23.9 Å². The zero-order chi connectivity index (χ0) is 18.0. The van der Waals surface area contributed by atoms with Gasteiger partial charge in [-0.1, -0.05) is 6.07 Å². The van der Waals surface area contributed by atoms with E-state index in [2.05, 4.69) is 10.3 Å². The van der Waals surface area contributed by atoms with Crippen LogP contribution in [0.1, 0.15) is 17.5 Å². The summed E-state index contributed by atoms with van der Waals surface area (Å²) in [6, 6.07) is 6.22. The molecule has 0 spiro atoms. The Morgan fingerprint density at radius 3 is 2.68 bits per heavy atom. The van der Waals surface area contributed by atoms with Crippen molar-refractivity contribution >= 4 is 22.4 Å². The number of aliphatic hydroxyl groups is 2. The fourth-order valence-electron chi connectivity index (χ4n) is 2.77. The summed E-state index contributed by atoms with van der Waals surface area (Å²) in [6.07, 6.45) is 2.59. The van der Waals surface area contributed by atoms with Crippen LogP contribution in [-0.4, -0.2) is 26.4 Å². The number of imidazole rings is 1. The molecule has 2 aromatic carbocycles. The van der Waals surface area contributed by atoms with E-state index in [1.54, 1.807) is 23.7 Å². The summed E-state index contributed by atoms with van der Waals surface area (Å²) in [7, 11) is 1.73. The first-order valence-electron chi connectivity index (χ1n) is 7.94. The molecule has 1 aromatic heterocycles. The van der Waals surface area contributed by atoms with Gasteiger partial charge in [0.1, 0.15) is 11.3 Å². The first-order valence-corrected chi connectivity index (χ1v) is 7.94. The second kappa shape index (κ2) is 7.16. The Bertz CT molecular complexity index is 909. The van der Waals surface area contributed by atoms with Gasteiger partial charge in [-0.2, -0.15) is 0 Å². The predicted octanol–water partition coefficient (Wildman–Crippen LogP) is 3.01. The van der Waals surface area contributed by atoms with Gasteiger partial charge in [0, 0.05) is 19.2 Å². The van der Waals surface area contributed by atoms with Crippen molar-refractivity contribution < 1.29 is 19.0 Å². The summed E-state index contributed by atoms with van der Waals surface area (Å²) in [5.74, 6) is -1.16. The normalized spacial score (nSPS) is 11.2. The SMILES string of the molecule is Cn1cnc2c(F)c(Nc3ccc(CCCO)cc3F)c(CO)cc21. The Labute approximate surface area is 143 Å². The van der Waals surface area contributed by atoms with Crippen LogP contribution >= 0.6 is 0 Å². The van der Waals surface area contributed by atoms with E-state index in [1.165, 1.54) is 18.5 Å². The van der Waals surface area contributed by atoms with Crippen molar-refractivity contribution in [1.82, 2.24) is 9.55 Å². The average Bonchev–Trinajstić information content (AvgIpc) is 2.98. The van der Waals surface area contributed by atoms with Gasteiger partial charge in [0.15, 0.2) is 5.82 Å². The zero-order valence-electron chi connectivity index (χ0n) is 13.8. The summed E-state index contributed by atoms with van der Waals surface area (Å²) < 4.78 is 30.8. The number of anilines is 2. The highest BCUT2D eigenvalue weighted by atomic mass is 19.1. The molecule has 0 amide bonds. The molecule has 0 saturated carbocycles. The van der Waals surface area contributed by atoms with Crippen LogP contribution in [0.3, 0.4) is 0 Å². The number of aromatic nitrogens is 2. The molecule has 0 saturated heterocycles. The third-order valence-corrected chi connectivity index (χ3v) is 4.13. The highest BCUT2D eigenvalue weighted by Gasteiger charge is 2.17. The molecule has 0 aliphatic heterocycles. The van der Waals surface area contributed by atoms with E-state index < -0.39 is 18.2 Å². The number of aryl methyl sites for hydroxylation is 2. The molecular formula is C18H19F2N3O2. The van der Waals surface area contributed by atoms with Gasteiger partial charge in [-0.05, 0) is 36.6 Å². The predicted molar refractivity (Wildman–Crippen MR) is 91.7 cm³/mol. The van der Waals surface area contributed by atoms with Crippen molar-refractivity contribution in [1.29, 1.82) is 0 Å². The maximum absolute atomic E-state index is 14.8. The average molecular weight is 347 g/mol. The van der Waals surface area contributed by atoms with Crippen molar-refractivity contribution in [3.63, 3.8) is 0 Å². The molecule has 7 heteroatoms. The molecule has 3 rings (SSSR count). The number of nitrogens with one attached hydrogen (secondary N) is 1. The lowest BCUT2D eigenvalue weighted by atomic mass is 10.1. The van der Waals surface area contributed by atoms with E-state index in [1.807, 2.05) is 0 Å². The van der Waals surface area contributed by atoms with Crippen molar-refractivity contribution in [3.8, 4) is 0 Å². The second-order valence-electron chi connectivity index (χ2n) is 5.87. The van der Waals surface area contributed by atoms with Crippen LogP contribution in [0, 0.1) is 11.6 Å². The molecule has 25 heavy (non-hydrogen) atoms. The summed E-state index contributed by atoms with van der Waals surface area (Å²) >= 11 is 0. The summed E-state index contributed by atoms with van der Waals surface area (Å²) in [4.78, 5) is 4.01. The molecule has 0 unspecified atom stereocenters. The molecule has 0 aliphatic carbocycles. The van der Waals surface area contributed by atoms with Crippen LogP contribution in [0.25, 0.3) is 11.0 Å². The minimum absolute atomic E-state index is 0.00991. The van der Waals surface area contributed by atoms with Crippen LogP contribution in [0.2, 0.25) is 0 Å². The Morgan fingerprint density at radius 2 is 2.00 bits per heavy atom. The van der Waals surface area contributed by atoms with Gasteiger partial charge in [-0.25, -0.2) is 13.8 Å². The first-order chi connectivity index (χ1) is 12.0. The quantitative estimate of drug-likeness (QED) is 0.641.